The van der Waals surface area contributed by atoms with E-state index in [-0.39, 0.29) is 36.3 Å². The Bertz CT molecular complexity index is 649. The van der Waals surface area contributed by atoms with Crippen molar-refractivity contribution in [1.82, 2.24) is 21.5 Å². The molecule has 0 radical (unpaired) electrons. The number of benzene rings is 1. The molecule has 146 valence electrons. The number of hydrogen-bond donors (Lipinski definition) is 4. The molecule has 2 aliphatic heterocycles. The van der Waals surface area contributed by atoms with Crippen LogP contribution in [0.5, 0.6) is 11.5 Å². The van der Waals surface area contributed by atoms with Crippen LogP contribution in [0.15, 0.2) is 12.1 Å². The number of carbonyl (C=O) groups excluding carboxylic acids is 1. The van der Waals surface area contributed by atoms with Gasteiger partial charge in [-0.3, -0.25) is 10.2 Å². The number of hydrazine groups is 1. The second-order valence-corrected chi connectivity index (χ2v) is 6.49. The van der Waals surface area contributed by atoms with Crippen LogP contribution >= 0.6 is 12.4 Å². The van der Waals surface area contributed by atoms with Crippen LogP contribution in [-0.4, -0.2) is 45.3 Å². The minimum atomic E-state index is -0.496. The third-order valence-corrected chi connectivity index (χ3v) is 4.99. The summed E-state index contributed by atoms with van der Waals surface area (Å²) in [6, 6.07) is 2.27. The lowest BCUT2D eigenvalue weighted by Crippen LogP contribution is -2.49. The third kappa shape index (κ3) is 4.03. The lowest BCUT2D eigenvalue weighted by molar-refractivity contribution is -0.124. The van der Waals surface area contributed by atoms with Crippen molar-refractivity contribution in [2.24, 2.45) is 5.92 Å². The van der Waals surface area contributed by atoms with Gasteiger partial charge in [0.2, 0.25) is 5.91 Å². The Labute approximate surface area is 158 Å². The number of amides is 1. The van der Waals surface area contributed by atoms with Gasteiger partial charge in [-0.05, 0) is 26.0 Å². The molecular formula is C17H26ClFN4O3. The van der Waals surface area contributed by atoms with E-state index in [4.69, 9.17) is 9.47 Å². The van der Waals surface area contributed by atoms with Crippen LogP contribution in [0.1, 0.15) is 24.9 Å². The molecule has 2 saturated heterocycles. The first-order valence-corrected chi connectivity index (χ1v) is 8.48. The summed E-state index contributed by atoms with van der Waals surface area (Å²) < 4.78 is 24.7. The fraction of sp³-hybridized carbons (Fsp3) is 0.588. The van der Waals surface area contributed by atoms with Crippen LogP contribution in [0.25, 0.3) is 0 Å². The van der Waals surface area contributed by atoms with E-state index < -0.39 is 11.9 Å². The number of hydrogen-bond acceptors (Lipinski definition) is 6. The molecule has 0 aliphatic carbocycles. The van der Waals surface area contributed by atoms with Crippen molar-refractivity contribution in [3.05, 3.63) is 23.5 Å². The summed E-state index contributed by atoms with van der Waals surface area (Å²) in [5.74, 6) is 0.332. The number of piperidine rings is 1. The van der Waals surface area contributed by atoms with E-state index in [1.54, 1.807) is 13.0 Å². The first-order chi connectivity index (χ1) is 12.0. The highest BCUT2D eigenvalue weighted by Crippen LogP contribution is 2.32. The maximum Gasteiger partial charge on any atom is 0.239 e. The van der Waals surface area contributed by atoms with Crippen LogP contribution in [0.3, 0.4) is 0 Å². The first-order valence-electron chi connectivity index (χ1n) is 8.48. The fourth-order valence-electron chi connectivity index (χ4n) is 3.56. The van der Waals surface area contributed by atoms with Gasteiger partial charge in [-0.25, -0.2) is 9.82 Å². The van der Waals surface area contributed by atoms with Gasteiger partial charge in [0.1, 0.15) is 11.9 Å². The van der Waals surface area contributed by atoms with Crippen molar-refractivity contribution in [2.75, 3.05) is 27.3 Å². The summed E-state index contributed by atoms with van der Waals surface area (Å²) in [5.41, 5.74) is 6.61. The van der Waals surface area contributed by atoms with Crippen molar-refractivity contribution in [2.45, 2.75) is 31.5 Å². The molecule has 4 unspecified atom stereocenters. The molecule has 9 heteroatoms. The average Bonchev–Trinajstić information content (AvgIpc) is 3.05. The standard InChI is InChI=1S/C17H25FN4O3.ClH/c1-9(10-6-14(24-2)15(25-3)7-12(10)18)20-17(23)16-11-8-19-5-4-13(11)21-22-16;/h6-7,9,11,13,16,19,21-22H,4-5,8H2,1-3H3,(H,20,23);1H. The molecule has 1 aromatic carbocycles. The largest absolute Gasteiger partial charge is 0.493 e. The predicted octanol–water partition coefficient (Wildman–Crippen LogP) is 0.896. The Hall–Kier alpha value is -1.61. The van der Waals surface area contributed by atoms with Gasteiger partial charge in [0.15, 0.2) is 11.5 Å². The Kier molecular flexibility index (Phi) is 7.05. The molecule has 0 spiro atoms. The summed E-state index contributed by atoms with van der Waals surface area (Å²) >= 11 is 0. The van der Waals surface area contributed by atoms with Gasteiger partial charge in [-0.1, -0.05) is 0 Å². The third-order valence-electron chi connectivity index (χ3n) is 4.99. The predicted molar refractivity (Wildman–Crippen MR) is 98.1 cm³/mol. The smallest absolute Gasteiger partial charge is 0.239 e. The molecular weight excluding hydrogens is 363 g/mol. The van der Waals surface area contributed by atoms with Crippen molar-refractivity contribution in [1.29, 1.82) is 0 Å². The molecule has 1 aromatic rings. The molecule has 2 heterocycles. The maximum absolute atomic E-state index is 14.4. The zero-order valence-corrected chi connectivity index (χ0v) is 15.9. The average molecular weight is 389 g/mol. The molecule has 7 nitrogen and oxygen atoms in total. The van der Waals surface area contributed by atoms with Crippen LogP contribution < -0.4 is 31.0 Å². The lowest BCUT2D eigenvalue weighted by atomic mass is 9.89. The normalized spacial score (nSPS) is 25.6. The second kappa shape index (κ2) is 8.85. The first kappa shape index (κ1) is 20.7. The van der Waals surface area contributed by atoms with Crippen molar-refractivity contribution in [3.8, 4) is 11.5 Å². The highest BCUT2D eigenvalue weighted by atomic mass is 35.5. The van der Waals surface area contributed by atoms with Gasteiger partial charge in [0.05, 0.1) is 20.3 Å². The van der Waals surface area contributed by atoms with E-state index in [2.05, 4.69) is 21.5 Å². The molecule has 4 atom stereocenters. The summed E-state index contributed by atoms with van der Waals surface area (Å²) in [7, 11) is 2.95. The van der Waals surface area contributed by atoms with Crippen molar-refractivity contribution in [3.63, 3.8) is 0 Å². The van der Waals surface area contributed by atoms with Crippen LogP contribution in [0.2, 0.25) is 0 Å². The molecule has 2 fully saturated rings. The van der Waals surface area contributed by atoms with E-state index in [0.717, 1.165) is 19.5 Å². The summed E-state index contributed by atoms with van der Waals surface area (Å²) in [6.07, 6.45) is 0.974. The van der Waals surface area contributed by atoms with Gasteiger partial charge in [0, 0.05) is 30.1 Å². The molecule has 0 bridgehead atoms. The molecule has 1 amide bonds. The highest BCUT2D eigenvalue weighted by molar-refractivity contribution is 5.85. The molecule has 26 heavy (non-hydrogen) atoms. The van der Waals surface area contributed by atoms with Crippen molar-refractivity contribution < 1.29 is 18.7 Å². The Morgan fingerprint density at radius 3 is 2.65 bits per heavy atom. The second-order valence-electron chi connectivity index (χ2n) is 6.49. The Morgan fingerprint density at radius 2 is 1.96 bits per heavy atom. The number of ether oxygens (including phenoxy) is 2. The minimum Gasteiger partial charge on any atom is -0.493 e. The van der Waals surface area contributed by atoms with Gasteiger partial charge in [0.25, 0.3) is 0 Å². The Balaban J connectivity index is 0.00000243. The van der Waals surface area contributed by atoms with Crippen LogP contribution in [0.4, 0.5) is 4.39 Å². The highest BCUT2D eigenvalue weighted by Gasteiger charge is 2.41. The van der Waals surface area contributed by atoms with E-state index in [0.29, 0.717) is 17.1 Å². The number of rotatable bonds is 5. The number of carbonyl (C=O) groups is 1. The van der Waals surface area contributed by atoms with Crippen LogP contribution in [0, 0.1) is 11.7 Å². The molecule has 0 aromatic heterocycles. The Morgan fingerprint density at radius 1 is 1.27 bits per heavy atom. The van der Waals surface area contributed by atoms with Gasteiger partial charge < -0.3 is 20.1 Å². The van der Waals surface area contributed by atoms with E-state index in [1.165, 1.54) is 20.3 Å². The lowest BCUT2D eigenvalue weighted by Gasteiger charge is -2.28. The molecule has 3 rings (SSSR count). The zero-order chi connectivity index (χ0) is 18.0. The topological polar surface area (TPSA) is 83.7 Å². The number of halogens is 2. The summed E-state index contributed by atoms with van der Waals surface area (Å²) in [4.78, 5) is 12.7. The number of nitrogens with one attached hydrogen (secondary N) is 4. The van der Waals surface area contributed by atoms with Gasteiger partial charge >= 0.3 is 0 Å². The molecule has 2 aliphatic rings. The van der Waals surface area contributed by atoms with Crippen molar-refractivity contribution >= 4 is 18.3 Å². The monoisotopic (exact) mass is 388 g/mol. The van der Waals surface area contributed by atoms with Gasteiger partial charge in [-0.15, -0.1) is 12.4 Å². The fourth-order valence-corrected chi connectivity index (χ4v) is 3.56. The summed E-state index contributed by atoms with van der Waals surface area (Å²) in [6.45, 7) is 3.47. The molecule has 0 saturated carbocycles. The van der Waals surface area contributed by atoms with E-state index in [1.807, 2.05) is 0 Å². The quantitative estimate of drug-likeness (QED) is 0.600. The zero-order valence-electron chi connectivity index (χ0n) is 15.1. The number of fused-ring (bicyclic) bond motifs is 1. The van der Waals surface area contributed by atoms with E-state index in [9.17, 15) is 9.18 Å². The summed E-state index contributed by atoms with van der Waals surface area (Å²) in [5, 5.41) is 6.21. The molecule has 4 N–H and O–H groups in total. The van der Waals surface area contributed by atoms with Gasteiger partial charge in [-0.2, -0.15) is 0 Å². The van der Waals surface area contributed by atoms with Crippen LogP contribution in [-0.2, 0) is 4.79 Å². The SMILES string of the molecule is COc1cc(F)c(C(C)NC(=O)C2NNC3CCNCC32)cc1OC.Cl. The minimum absolute atomic E-state index is 0. The maximum atomic E-state index is 14.4. The number of methoxy groups -OCH3 is 2. The van der Waals surface area contributed by atoms with E-state index >= 15 is 0 Å².